The highest BCUT2D eigenvalue weighted by Gasteiger charge is 2.57. The van der Waals surface area contributed by atoms with Crippen LogP contribution in [0.25, 0.3) is 0 Å². The molecular weight excluding hydrogens is 659 g/mol. The molecule has 0 saturated carbocycles. The minimum Gasteiger partial charge on any atom is -0.457 e. The number of amides is 1. The van der Waals surface area contributed by atoms with E-state index >= 15 is 0 Å². The molecule has 4 aromatic rings. The number of rotatable bonds is 13. The molecule has 1 aromatic heterocycles. The zero-order valence-corrected chi connectivity index (χ0v) is 28.5. The van der Waals surface area contributed by atoms with Crippen molar-refractivity contribution in [2.45, 2.75) is 18.4 Å². The molecule has 3 aromatic carbocycles. The van der Waals surface area contributed by atoms with Crippen molar-refractivity contribution in [3.8, 4) is 0 Å². The second kappa shape index (κ2) is 16.3. The summed E-state index contributed by atoms with van der Waals surface area (Å²) in [5, 5.41) is 1.03. The first-order valence-electron chi connectivity index (χ1n) is 15.4. The summed E-state index contributed by atoms with van der Waals surface area (Å²) in [6.07, 6.45) is 3.83. The third-order valence-electron chi connectivity index (χ3n) is 7.83. The lowest BCUT2D eigenvalue weighted by Crippen LogP contribution is -2.67. The Labute approximate surface area is 289 Å². The van der Waals surface area contributed by atoms with E-state index in [1.807, 2.05) is 91.0 Å². The SMILES string of the molecule is C=CCOC(=O)O[C@H](C)[C@H]1C(=O)N(C(C(=O)OCC=C)=P(c2ccccc2)(c2ccccc2)c2ccccc2)[C@@H]1SC(=O)c1ccncc1. The summed E-state index contributed by atoms with van der Waals surface area (Å²) in [5.41, 5.74) is 0.434. The van der Waals surface area contributed by atoms with Crippen LogP contribution in [0.2, 0.25) is 0 Å². The third-order valence-corrected chi connectivity index (χ3v) is 13.3. The molecule has 1 saturated heterocycles. The molecule has 0 radical (unpaired) electrons. The number of carbonyl (C=O) groups excluding carboxylic acids is 4. The topological polar surface area (TPSA) is 112 Å². The number of ether oxygens (including phenoxy) is 3. The highest BCUT2D eigenvalue weighted by Crippen LogP contribution is 2.51. The fraction of sp³-hybridized carbons (Fsp3) is 0.158. The average molecular weight is 695 g/mol. The smallest absolute Gasteiger partial charge is 0.457 e. The second-order valence-electron chi connectivity index (χ2n) is 10.8. The van der Waals surface area contributed by atoms with Crippen molar-refractivity contribution < 1.29 is 33.4 Å². The Bertz CT molecular complexity index is 1770. The summed E-state index contributed by atoms with van der Waals surface area (Å²) >= 11 is 0.863. The Morgan fingerprint density at radius 2 is 1.31 bits per heavy atom. The number of thioether (sulfide) groups is 1. The molecule has 2 heterocycles. The standard InChI is InChI=1S/C38H35N2O7PS/c1-4-25-45-36(42)34(48(29-15-9-6-10-16-29,30-17-11-7-12-18-30)31-19-13-8-14-20-31)40-33(41)32(27(3)47-38(44)46-26-5-2)35(40)49-37(43)28-21-23-39-24-22-28/h4-24,27,32,35H,1-2,25-26H2,3H3/t27-,32+,35-/m1/s1. The van der Waals surface area contributed by atoms with Gasteiger partial charge < -0.3 is 14.2 Å². The molecule has 5 rings (SSSR count). The minimum absolute atomic E-state index is 0.0830. The van der Waals surface area contributed by atoms with Gasteiger partial charge in [0.1, 0.15) is 36.0 Å². The van der Waals surface area contributed by atoms with E-state index in [1.165, 1.54) is 29.4 Å². The highest BCUT2D eigenvalue weighted by atomic mass is 32.2. The number of benzene rings is 3. The number of carbonyl (C=O) groups is 4. The van der Waals surface area contributed by atoms with E-state index in [-0.39, 0.29) is 23.7 Å². The van der Waals surface area contributed by atoms with Crippen molar-refractivity contribution in [3.63, 3.8) is 0 Å². The monoisotopic (exact) mass is 694 g/mol. The van der Waals surface area contributed by atoms with E-state index in [9.17, 15) is 19.2 Å². The molecular formula is C38H35N2O7PS. The maximum absolute atomic E-state index is 14.6. The Morgan fingerprint density at radius 3 is 1.80 bits per heavy atom. The van der Waals surface area contributed by atoms with Crippen LogP contribution in [0.1, 0.15) is 17.3 Å². The van der Waals surface area contributed by atoms with E-state index < -0.39 is 42.3 Å². The number of nitrogens with zero attached hydrogens (tertiary/aromatic N) is 2. The van der Waals surface area contributed by atoms with Gasteiger partial charge in [-0.3, -0.25) is 19.5 Å². The Hall–Kier alpha value is -5.18. The van der Waals surface area contributed by atoms with Gasteiger partial charge in [-0.25, -0.2) is 9.59 Å². The molecule has 0 spiro atoms. The van der Waals surface area contributed by atoms with Crippen LogP contribution in [0.4, 0.5) is 4.79 Å². The van der Waals surface area contributed by atoms with Gasteiger partial charge in [-0.05, 0) is 35.0 Å². The van der Waals surface area contributed by atoms with Crippen LogP contribution in [0.15, 0.2) is 141 Å². The minimum atomic E-state index is -3.24. The first-order chi connectivity index (χ1) is 23.8. The molecule has 1 amide bonds. The molecule has 11 heteroatoms. The van der Waals surface area contributed by atoms with Gasteiger partial charge in [-0.15, -0.1) is 0 Å². The van der Waals surface area contributed by atoms with Crippen molar-refractivity contribution in [1.29, 1.82) is 0 Å². The van der Waals surface area contributed by atoms with Gasteiger partial charge in [0, 0.05) is 24.8 Å². The number of aromatic nitrogens is 1. The lowest BCUT2D eigenvalue weighted by molar-refractivity contribution is -0.152. The normalized spacial score (nSPS) is 16.0. The predicted octanol–water partition coefficient (Wildman–Crippen LogP) is 5.32. The number of likely N-dealkylation sites (tertiary alicyclic amines) is 1. The molecule has 250 valence electrons. The molecule has 49 heavy (non-hydrogen) atoms. The summed E-state index contributed by atoms with van der Waals surface area (Å²) in [6.45, 7) is 5.38. The van der Waals surface area contributed by atoms with E-state index in [4.69, 9.17) is 14.2 Å². The average Bonchev–Trinajstić information content (AvgIpc) is 3.14. The number of pyridine rings is 1. The van der Waals surface area contributed by atoms with Crippen molar-refractivity contribution in [1.82, 2.24) is 9.88 Å². The van der Waals surface area contributed by atoms with Gasteiger partial charge in [0.05, 0.1) is 0 Å². The Balaban J connectivity index is 1.81. The Morgan fingerprint density at radius 1 is 0.816 bits per heavy atom. The zero-order valence-electron chi connectivity index (χ0n) is 26.8. The molecule has 1 aliphatic rings. The largest absolute Gasteiger partial charge is 0.508 e. The third kappa shape index (κ3) is 7.31. The van der Waals surface area contributed by atoms with Crippen molar-refractivity contribution >= 4 is 63.1 Å². The molecule has 0 bridgehead atoms. The number of esters is 1. The molecule has 3 atom stereocenters. The highest BCUT2D eigenvalue weighted by molar-refractivity contribution is 8.14. The van der Waals surface area contributed by atoms with Crippen LogP contribution in [0.3, 0.4) is 0 Å². The van der Waals surface area contributed by atoms with Crippen LogP contribution in [-0.4, -0.2) is 63.1 Å². The zero-order chi connectivity index (χ0) is 34.8. The molecule has 0 unspecified atom stereocenters. The van der Waals surface area contributed by atoms with E-state index in [0.29, 0.717) is 5.56 Å². The number of hydrogen-bond donors (Lipinski definition) is 0. The lowest BCUT2D eigenvalue weighted by Gasteiger charge is -2.50. The predicted molar refractivity (Wildman–Crippen MR) is 194 cm³/mol. The summed E-state index contributed by atoms with van der Waals surface area (Å²) in [5.74, 6) is -2.27. The van der Waals surface area contributed by atoms with Crippen LogP contribution in [0, 0.1) is 5.92 Å². The van der Waals surface area contributed by atoms with Gasteiger partial charge in [-0.1, -0.05) is 128 Å². The first-order valence-corrected chi connectivity index (χ1v) is 18.1. The molecule has 1 aliphatic heterocycles. The molecule has 0 N–H and O–H groups in total. The van der Waals surface area contributed by atoms with Crippen LogP contribution in [-0.2, 0) is 23.8 Å². The van der Waals surface area contributed by atoms with Gasteiger partial charge in [0.2, 0.25) is 11.0 Å². The maximum Gasteiger partial charge on any atom is 0.508 e. The van der Waals surface area contributed by atoms with Crippen molar-refractivity contribution in [2.75, 3.05) is 13.2 Å². The van der Waals surface area contributed by atoms with Gasteiger partial charge in [0.25, 0.3) is 0 Å². The van der Waals surface area contributed by atoms with Crippen molar-refractivity contribution in [3.05, 3.63) is 146 Å². The van der Waals surface area contributed by atoms with Crippen molar-refractivity contribution in [2.24, 2.45) is 5.92 Å². The summed E-state index contributed by atoms with van der Waals surface area (Å²) in [7, 11) is 0. The summed E-state index contributed by atoms with van der Waals surface area (Å²) in [6, 6.07) is 31.7. The Kier molecular flexibility index (Phi) is 11.7. The van der Waals surface area contributed by atoms with E-state index in [1.54, 1.807) is 19.1 Å². The van der Waals surface area contributed by atoms with Crippen LogP contribution < -0.4 is 15.9 Å². The van der Waals surface area contributed by atoms with Gasteiger partial charge in [0.15, 0.2) is 0 Å². The number of β-lactam (4-membered cyclic amide) rings is 1. The summed E-state index contributed by atoms with van der Waals surface area (Å²) < 4.78 is 16.3. The molecule has 9 nitrogen and oxygen atoms in total. The summed E-state index contributed by atoms with van der Waals surface area (Å²) in [4.78, 5) is 60.9. The van der Waals surface area contributed by atoms with Gasteiger partial charge in [-0.2, -0.15) is 0 Å². The van der Waals surface area contributed by atoms with E-state index in [2.05, 4.69) is 18.1 Å². The fourth-order valence-corrected chi connectivity index (χ4v) is 11.4. The van der Waals surface area contributed by atoms with E-state index in [0.717, 1.165) is 27.7 Å². The van der Waals surface area contributed by atoms with Crippen LogP contribution in [0.5, 0.6) is 0 Å². The number of hydrogen-bond acceptors (Lipinski definition) is 9. The lowest BCUT2D eigenvalue weighted by atomic mass is 9.92. The second-order valence-corrected chi connectivity index (χ2v) is 15.2. The van der Waals surface area contributed by atoms with Crippen LogP contribution >= 0.6 is 18.6 Å². The maximum atomic E-state index is 14.6. The molecule has 0 aliphatic carbocycles. The van der Waals surface area contributed by atoms with Gasteiger partial charge >= 0.3 is 12.1 Å². The fourth-order valence-electron chi connectivity index (χ4n) is 5.69. The molecule has 1 fully saturated rings. The quantitative estimate of drug-likeness (QED) is 0.0795. The first kappa shape index (κ1) is 35.1.